The molecule has 4 heterocycles. The first-order valence-corrected chi connectivity index (χ1v) is 20.8. The van der Waals surface area contributed by atoms with Gasteiger partial charge in [-0.3, -0.25) is 4.57 Å². The fourth-order valence-corrected chi connectivity index (χ4v) is 10.7. The minimum absolute atomic E-state index is 0.122. The van der Waals surface area contributed by atoms with E-state index in [4.69, 9.17) is 4.98 Å². The highest BCUT2D eigenvalue weighted by Gasteiger charge is 2.47. The van der Waals surface area contributed by atoms with Crippen molar-refractivity contribution in [3.8, 4) is 16.9 Å². The lowest BCUT2D eigenvalue weighted by atomic mass is 9.73. The van der Waals surface area contributed by atoms with Gasteiger partial charge in [-0.25, -0.2) is 4.98 Å². The van der Waals surface area contributed by atoms with Crippen molar-refractivity contribution >= 4 is 50.1 Å². The molecule has 4 heteroatoms. The van der Waals surface area contributed by atoms with Crippen molar-refractivity contribution in [2.45, 2.75) is 31.2 Å². The van der Waals surface area contributed by atoms with Crippen LogP contribution in [0, 0.1) is 5.92 Å². The Kier molecular flexibility index (Phi) is 7.43. The molecule has 4 nitrogen and oxygen atoms in total. The summed E-state index contributed by atoms with van der Waals surface area (Å²) in [6, 6.07) is 58.0. The van der Waals surface area contributed by atoms with Gasteiger partial charge in [-0.05, 0) is 125 Å². The summed E-state index contributed by atoms with van der Waals surface area (Å²) < 4.78 is 2.27. The van der Waals surface area contributed by atoms with Gasteiger partial charge in [0.15, 0.2) is 0 Å². The zero-order chi connectivity index (χ0) is 39.2. The van der Waals surface area contributed by atoms with Crippen LogP contribution in [-0.2, 0) is 5.41 Å². The molecule has 4 aliphatic rings. The van der Waals surface area contributed by atoms with Crippen molar-refractivity contribution in [1.29, 1.82) is 0 Å². The largest absolute Gasteiger partial charge is 0.333 e. The van der Waals surface area contributed by atoms with E-state index in [2.05, 4.69) is 210 Å². The third kappa shape index (κ3) is 4.99. The van der Waals surface area contributed by atoms with Crippen LogP contribution in [0.5, 0.6) is 0 Å². The fourth-order valence-electron chi connectivity index (χ4n) is 10.7. The van der Waals surface area contributed by atoms with Crippen molar-refractivity contribution in [3.63, 3.8) is 0 Å². The van der Waals surface area contributed by atoms with Gasteiger partial charge in [0.1, 0.15) is 5.82 Å². The third-order valence-corrected chi connectivity index (χ3v) is 13.5. The normalized spacial score (nSPS) is 21.3. The molecule has 2 aliphatic heterocycles. The number of hydrogen-bond acceptors (Lipinski definition) is 3. The van der Waals surface area contributed by atoms with Gasteiger partial charge in [-0.15, -0.1) is 0 Å². The van der Waals surface area contributed by atoms with Crippen LogP contribution in [0.15, 0.2) is 206 Å². The summed E-state index contributed by atoms with van der Waals surface area (Å²) in [6.45, 7) is 4.82. The number of rotatable bonds is 5. The van der Waals surface area contributed by atoms with E-state index in [9.17, 15) is 0 Å². The van der Waals surface area contributed by atoms with Gasteiger partial charge in [0, 0.05) is 56.7 Å². The SMILES string of the molecule is CC1C(c2ccc3c(c2)C2(C)C=CC=CC2N3c2ccccc2)=CC=C2C1c1ccccc1N2c1ccc(-c2ccc3c(c2)c2ccccc2n3-c2ccccn2)cc1. The van der Waals surface area contributed by atoms with E-state index >= 15 is 0 Å². The summed E-state index contributed by atoms with van der Waals surface area (Å²) in [7, 11) is 0. The third-order valence-electron chi connectivity index (χ3n) is 13.5. The summed E-state index contributed by atoms with van der Waals surface area (Å²) in [6.07, 6.45) is 15.8. The molecular formula is C55H42N4. The molecule has 0 spiro atoms. The molecule has 0 fully saturated rings. The second-order valence-corrected chi connectivity index (χ2v) is 16.6. The summed E-state index contributed by atoms with van der Waals surface area (Å²) in [5.41, 5.74) is 16.4. The lowest BCUT2D eigenvalue weighted by Crippen LogP contribution is -2.39. The number of benzene rings is 6. The van der Waals surface area contributed by atoms with E-state index in [1.165, 1.54) is 72.6 Å². The van der Waals surface area contributed by atoms with E-state index in [1.807, 2.05) is 18.3 Å². The van der Waals surface area contributed by atoms with Gasteiger partial charge < -0.3 is 9.80 Å². The predicted molar refractivity (Wildman–Crippen MR) is 245 cm³/mol. The van der Waals surface area contributed by atoms with Crippen molar-refractivity contribution in [2.24, 2.45) is 5.92 Å². The minimum Gasteiger partial charge on any atom is -0.333 e. The molecule has 4 atom stereocenters. The Bertz CT molecular complexity index is 3100. The molecule has 0 saturated heterocycles. The van der Waals surface area contributed by atoms with Gasteiger partial charge in [0.25, 0.3) is 0 Å². The lowest BCUT2D eigenvalue weighted by Gasteiger charge is -2.34. The van der Waals surface area contributed by atoms with Gasteiger partial charge in [0.05, 0.1) is 17.1 Å². The number of hydrogen-bond donors (Lipinski definition) is 0. The Morgan fingerprint density at radius 3 is 2.22 bits per heavy atom. The maximum Gasteiger partial charge on any atom is 0.137 e. The first kappa shape index (κ1) is 33.9. The average molecular weight is 759 g/mol. The number of allylic oxidation sites excluding steroid dienone is 6. The molecule has 0 saturated carbocycles. The number of fused-ring (bicyclic) bond motifs is 9. The topological polar surface area (TPSA) is 24.3 Å². The minimum atomic E-state index is -0.122. The summed E-state index contributed by atoms with van der Waals surface area (Å²) in [5, 5.41) is 2.46. The van der Waals surface area contributed by atoms with Gasteiger partial charge in [-0.1, -0.05) is 122 Å². The molecule has 0 radical (unpaired) electrons. The van der Waals surface area contributed by atoms with Crippen LogP contribution in [0.1, 0.15) is 36.5 Å². The van der Waals surface area contributed by atoms with Crippen LogP contribution < -0.4 is 9.80 Å². The number of nitrogens with zero attached hydrogens (tertiary/aromatic N) is 4. The van der Waals surface area contributed by atoms with Crippen molar-refractivity contribution < 1.29 is 0 Å². The molecule has 2 aliphatic carbocycles. The highest BCUT2D eigenvalue weighted by molar-refractivity contribution is 6.10. The molecule has 0 amide bonds. The highest BCUT2D eigenvalue weighted by atomic mass is 15.2. The Morgan fingerprint density at radius 2 is 1.36 bits per heavy atom. The standard InChI is InChI=1S/C55H42N4/c1-36-42(39-25-30-50-46(35-39)55(2)32-12-10-20-52(55)58(50)40-14-4-3-5-15-40)28-31-51-54(36)44-17-7-9-19-48(44)57(51)41-26-22-37(23-27-41)38-24-29-49-45(34-38)43-16-6-8-18-47(43)59(49)53-21-11-13-33-56-53/h3-36,52,54H,1-2H3. The van der Waals surface area contributed by atoms with Gasteiger partial charge in [0.2, 0.25) is 0 Å². The second kappa shape index (κ2) is 12.9. The maximum atomic E-state index is 4.70. The van der Waals surface area contributed by atoms with E-state index in [-0.39, 0.29) is 23.3 Å². The quantitative estimate of drug-likeness (QED) is 0.175. The molecule has 12 rings (SSSR count). The predicted octanol–water partition coefficient (Wildman–Crippen LogP) is 13.6. The Hall–Kier alpha value is -7.17. The maximum absolute atomic E-state index is 4.70. The van der Waals surface area contributed by atoms with Crippen LogP contribution in [0.25, 0.3) is 44.3 Å². The fraction of sp³-hybridized carbons (Fsp3) is 0.109. The first-order valence-electron chi connectivity index (χ1n) is 20.8. The summed E-state index contributed by atoms with van der Waals surface area (Å²) in [4.78, 5) is 9.71. The van der Waals surface area contributed by atoms with Crippen LogP contribution in [0.3, 0.4) is 0 Å². The molecular weight excluding hydrogens is 717 g/mol. The molecule has 4 unspecified atom stereocenters. The molecule has 6 aromatic carbocycles. The first-order chi connectivity index (χ1) is 29.1. The van der Waals surface area contributed by atoms with Crippen LogP contribution in [0.2, 0.25) is 0 Å². The van der Waals surface area contributed by atoms with E-state index in [0.717, 1.165) is 16.9 Å². The molecule has 0 bridgehead atoms. The van der Waals surface area contributed by atoms with Gasteiger partial charge >= 0.3 is 0 Å². The molecule has 2 aromatic heterocycles. The Balaban J connectivity index is 0.906. The lowest BCUT2D eigenvalue weighted by molar-refractivity contribution is 0.550. The Morgan fingerprint density at radius 1 is 0.593 bits per heavy atom. The van der Waals surface area contributed by atoms with E-state index in [1.54, 1.807) is 0 Å². The van der Waals surface area contributed by atoms with Crippen LogP contribution in [-0.4, -0.2) is 15.6 Å². The molecule has 282 valence electrons. The summed E-state index contributed by atoms with van der Waals surface area (Å²) >= 11 is 0. The number of para-hydroxylation sites is 3. The van der Waals surface area contributed by atoms with E-state index in [0.29, 0.717) is 0 Å². The number of pyridine rings is 1. The Labute approximate surface area is 345 Å². The molecule has 0 N–H and O–H groups in total. The summed E-state index contributed by atoms with van der Waals surface area (Å²) in [5.74, 6) is 1.47. The smallest absolute Gasteiger partial charge is 0.137 e. The average Bonchev–Trinajstić information content (AvgIpc) is 3.90. The number of aromatic nitrogens is 2. The second-order valence-electron chi connectivity index (χ2n) is 16.6. The monoisotopic (exact) mass is 758 g/mol. The van der Waals surface area contributed by atoms with Crippen molar-refractivity contribution in [2.75, 3.05) is 9.80 Å². The van der Waals surface area contributed by atoms with Gasteiger partial charge in [-0.2, -0.15) is 0 Å². The molecule has 59 heavy (non-hydrogen) atoms. The van der Waals surface area contributed by atoms with Crippen LogP contribution in [0.4, 0.5) is 22.7 Å². The van der Waals surface area contributed by atoms with E-state index < -0.39 is 0 Å². The zero-order valence-electron chi connectivity index (χ0n) is 33.1. The van der Waals surface area contributed by atoms with Crippen molar-refractivity contribution in [1.82, 2.24) is 9.55 Å². The molecule has 8 aromatic rings. The highest BCUT2D eigenvalue weighted by Crippen LogP contribution is 2.57. The van der Waals surface area contributed by atoms with Crippen LogP contribution >= 0.6 is 0 Å². The van der Waals surface area contributed by atoms with Crippen molar-refractivity contribution in [3.05, 3.63) is 223 Å². The zero-order valence-corrected chi connectivity index (χ0v) is 33.1. The number of anilines is 4.